The summed E-state index contributed by atoms with van der Waals surface area (Å²) >= 11 is 11.7. The van der Waals surface area contributed by atoms with Crippen molar-refractivity contribution in [2.24, 2.45) is 0 Å². The lowest BCUT2D eigenvalue weighted by Gasteiger charge is -2.14. The number of ether oxygens (including phenoxy) is 1. The van der Waals surface area contributed by atoms with Crippen LogP contribution in [0.5, 0.6) is 0 Å². The fourth-order valence-corrected chi connectivity index (χ4v) is 2.46. The van der Waals surface area contributed by atoms with Crippen molar-refractivity contribution < 1.29 is 19.2 Å². The fourth-order valence-electron chi connectivity index (χ4n) is 1.99. The predicted molar refractivity (Wildman–Crippen MR) is 97.8 cm³/mol. The van der Waals surface area contributed by atoms with E-state index in [9.17, 15) is 19.7 Å². The van der Waals surface area contributed by atoms with Gasteiger partial charge in [0.05, 0.1) is 26.1 Å². The molecule has 0 aliphatic heterocycles. The van der Waals surface area contributed by atoms with Gasteiger partial charge in [-0.25, -0.2) is 4.79 Å². The van der Waals surface area contributed by atoms with Crippen LogP contribution in [0.3, 0.4) is 0 Å². The molecule has 27 heavy (non-hydrogen) atoms. The summed E-state index contributed by atoms with van der Waals surface area (Å²) in [6.45, 7) is 1.35. The van der Waals surface area contributed by atoms with Crippen LogP contribution in [0, 0.1) is 21.4 Å². The van der Waals surface area contributed by atoms with E-state index in [1.54, 1.807) is 0 Å². The number of halogens is 2. The molecule has 138 valence electrons. The third-order valence-electron chi connectivity index (χ3n) is 3.39. The van der Waals surface area contributed by atoms with Crippen molar-refractivity contribution in [2.75, 3.05) is 5.32 Å². The number of esters is 1. The summed E-state index contributed by atoms with van der Waals surface area (Å²) in [6.07, 6.45) is -1.18. The molecule has 0 aliphatic carbocycles. The predicted octanol–water partition coefficient (Wildman–Crippen LogP) is 3.96. The maximum Gasteiger partial charge on any atom is 0.340 e. The van der Waals surface area contributed by atoms with Crippen molar-refractivity contribution in [3.63, 3.8) is 0 Å². The van der Waals surface area contributed by atoms with Gasteiger partial charge in [0.25, 0.3) is 11.6 Å². The Hall–Kier alpha value is -3.15. The van der Waals surface area contributed by atoms with E-state index in [4.69, 9.17) is 33.2 Å². The van der Waals surface area contributed by atoms with Gasteiger partial charge < -0.3 is 10.1 Å². The standard InChI is InChI=1S/C17H11Cl2N3O5/c1-9(16(23)21-11-3-2-10(8-20)14(18)6-11)27-17(24)13-5-4-12(22(25)26)7-15(13)19/h2-7,9H,1H3,(H,21,23). The summed E-state index contributed by atoms with van der Waals surface area (Å²) in [5.74, 6) is -1.54. The molecule has 0 heterocycles. The van der Waals surface area contributed by atoms with E-state index in [1.807, 2.05) is 6.07 Å². The van der Waals surface area contributed by atoms with Gasteiger partial charge in [-0.3, -0.25) is 14.9 Å². The lowest BCUT2D eigenvalue weighted by atomic mass is 10.2. The Balaban J connectivity index is 2.05. The number of carbonyl (C=O) groups is 2. The Labute approximate surface area is 163 Å². The first kappa shape index (κ1) is 20.2. The summed E-state index contributed by atoms with van der Waals surface area (Å²) < 4.78 is 5.04. The Morgan fingerprint density at radius 3 is 2.48 bits per heavy atom. The first-order valence-corrected chi connectivity index (χ1v) is 8.14. The lowest BCUT2D eigenvalue weighted by Crippen LogP contribution is -2.30. The Kier molecular flexibility index (Phi) is 6.34. The molecule has 1 unspecified atom stereocenters. The molecule has 0 aliphatic rings. The number of hydrogen-bond acceptors (Lipinski definition) is 6. The average molecular weight is 408 g/mol. The normalized spacial score (nSPS) is 11.2. The molecule has 0 saturated carbocycles. The number of rotatable bonds is 5. The van der Waals surface area contributed by atoms with E-state index in [2.05, 4.69) is 5.32 Å². The maximum atomic E-state index is 12.2. The molecule has 0 fully saturated rings. The van der Waals surface area contributed by atoms with Crippen molar-refractivity contribution in [1.82, 2.24) is 0 Å². The molecule has 1 atom stereocenters. The van der Waals surface area contributed by atoms with Crippen molar-refractivity contribution in [2.45, 2.75) is 13.0 Å². The van der Waals surface area contributed by atoms with Crippen LogP contribution in [0.25, 0.3) is 0 Å². The summed E-state index contributed by atoms with van der Waals surface area (Å²) in [4.78, 5) is 34.3. The van der Waals surface area contributed by atoms with Gasteiger partial charge in [0, 0.05) is 17.8 Å². The SMILES string of the molecule is CC(OC(=O)c1ccc([N+](=O)[O-])cc1Cl)C(=O)Nc1ccc(C#N)c(Cl)c1. The largest absolute Gasteiger partial charge is 0.449 e. The molecule has 0 radical (unpaired) electrons. The smallest absolute Gasteiger partial charge is 0.340 e. The molecule has 10 heteroatoms. The molecular formula is C17H11Cl2N3O5. The minimum atomic E-state index is -1.18. The second-order valence-electron chi connectivity index (χ2n) is 5.26. The number of hydrogen-bond donors (Lipinski definition) is 1. The average Bonchev–Trinajstić information content (AvgIpc) is 2.61. The quantitative estimate of drug-likeness (QED) is 0.454. The van der Waals surface area contributed by atoms with Gasteiger partial charge in [-0.05, 0) is 31.2 Å². The van der Waals surface area contributed by atoms with Gasteiger partial charge in [0.1, 0.15) is 6.07 Å². The number of nitriles is 1. The maximum absolute atomic E-state index is 12.2. The van der Waals surface area contributed by atoms with E-state index in [1.165, 1.54) is 25.1 Å². The zero-order valence-electron chi connectivity index (χ0n) is 13.7. The van der Waals surface area contributed by atoms with Crippen LogP contribution in [0.1, 0.15) is 22.8 Å². The number of nitro benzene ring substituents is 1. The van der Waals surface area contributed by atoms with Gasteiger partial charge in [-0.2, -0.15) is 5.26 Å². The summed E-state index contributed by atoms with van der Waals surface area (Å²) in [5, 5.41) is 22.0. The van der Waals surface area contributed by atoms with Crippen LogP contribution in [-0.4, -0.2) is 22.9 Å². The molecule has 0 bridgehead atoms. The van der Waals surface area contributed by atoms with E-state index in [-0.39, 0.29) is 26.9 Å². The van der Waals surface area contributed by atoms with E-state index in [0.717, 1.165) is 18.2 Å². The Morgan fingerprint density at radius 2 is 1.93 bits per heavy atom. The first-order chi connectivity index (χ1) is 12.7. The number of nitrogens with zero attached hydrogens (tertiary/aromatic N) is 2. The zero-order valence-corrected chi connectivity index (χ0v) is 15.2. The van der Waals surface area contributed by atoms with Crippen LogP contribution >= 0.6 is 23.2 Å². The number of amides is 1. The van der Waals surface area contributed by atoms with Crippen LogP contribution < -0.4 is 5.32 Å². The topological polar surface area (TPSA) is 122 Å². The van der Waals surface area contributed by atoms with Crippen molar-refractivity contribution in [1.29, 1.82) is 5.26 Å². The molecule has 2 aromatic rings. The van der Waals surface area contributed by atoms with Crippen molar-refractivity contribution in [3.05, 3.63) is 67.7 Å². The molecule has 2 rings (SSSR count). The highest BCUT2D eigenvalue weighted by atomic mass is 35.5. The van der Waals surface area contributed by atoms with Crippen LogP contribution in [0.4, 0.5) is 11.4 Å². The molecule has 8 nitrogen and oxygen atoms in total. The molecule has 0 spiro atoms. The summed E-state index contributed by atoms with van der Waals surface area (Å²) in [6, 6.07) is 9.46. The Morgan fingerprint density at radius 1 is 1.22 bits per heavy atom. The fraction of sp³-hybridized carbons (Fsp3) is 0.118. The van der Waals surface area contributed by atoms with Gasteiger partial charge >= 0.3 is 5.97 Å². The molecular weight excluding hydrogens is 397 g/mol. The number of carbonyl (C=O) groups excluding carboxylic acids is 2. The molecule has 0 aromatic heterocycles. The number of nitrogens with one attached hydrogen (secondary N) is 1. The third-order valence-corrected chi connectivity index (χ3v) is 4.02. The second-order valence-corrected chi connectivity index (χ2v) is 6.08. The number of anilines is 1. The molecule has 1 amide bonds. The molecule has 2 aromatic carbocycles. The highest BCUT2D eigenvalue weighted by Gasteiger charge is 2.22. The third kappa shape index (κ3) is 4.94. The summed E-state index contributed by atoms with van der Waals surface area (Å²) in [5.41, 5.74) is 0.186. The van der Waals surface area contributed by atoms with Crippen LogP contribution in [0.2, 0.25) is 10.0 Å². The van der Waals surface area contributed by atoms with Crippen LogP contribution in [0.15, 0.2) is 36.4 Å². The van der Waals surface area contributed by atoms with E-state index in [0.29, 0.717) is 5.69 Å². The minimum Gasteiger partial charge on any atom is -0.449 e. The van der Waals surface area contributed by atoms with Crippen molar-refractivity contribution >= 4 is 46.5 Å². The molecule has 0 saturated heterocycles. The molecule has 1 N–H and O–H groups in total. The van der Waals surface area contributed by atoms with Gasteiger partial charge in [-0.1, -0.05) is 23.2 Å². The summed E-state index contributed by atoms with van der Waals surface area (Å²) in [7, 11) is 0. The lowest BCUT2D eigenvalue weighted by molar-refractivity contribution is -0.384. The number of benzene rings is 2. The van der Waals surface area contributed by atoms with Gasteiger partial charge in [0.15, 0.2) is 6.10 Å². The highest BCUT2D eigenvalue weighted by molar-refractivity contribution is 6.34. The highest BCUT2D eigenvalue weighted by Crippen LogP contribution is 2.24. The van der Waals surface area contributed by atoms with Crippen molar-refractivity contribution in [3.8, 4) is 6.07 Å². The monoisotopic (exact) mass is 407 g/mol. The van der Waals surface area contributed by atoms with Gasteiger partial charge in [0.2, 0.25) is 0 Å². The zero-order chi connectivity index (χ0) is 20.1. The van der Waals surface area contributed by atoms with E-state index >= 15 is 0 Å². The van der Waals surface area contributed by atoms with E-state index < -0.39 is 22.9 Å². The first-order valence-electron chi connectivity index (χ1n) is 7.38. The second kappa shape index (κ2) is 8.49. The number of non-ortho nitro benzene ring substituents is 1. The van der Waals surface area contributed by atoms with Crippen LogP contribution in [-0.2, 0) is 9.53 Å². The van der Waals surface area contributed by atoms with Gasteiger partial charge in [-0.15, -0.1) is 0 Å². The number of nitro groups is 1. The minimum absolute atomic E-state index is 0.108. The Bertz CT molecular complexity index is 972.